The maximum Gasteiger partial charge on any atom is 0.338 e. The molecule has 6 heteroatoms. The van der Waals surface area contributed by atoms with Gasteiger partial charge in [0, 0.05) is 12.6 Å². The quantitative estimate of drug-likeness (QED) is 0.684. The van der Waals surface area contributed by atoms with Gasteiger partial charge in [-0.1, -0.05) is 30.3 Å². The fourth-order valence-corrected chi connectivity index (χ4v) is 2.88. The first-order valence-corrected chi connectivity index (χ1v) is 7.41. The number of carbonyl (C=O) groups is 2. The number of hydrogen-bond donors (Lipinski definition) is 1. The number of nitrogens with zero attached hydrogens (tertiary/aromatic N) is 1. The smallest absolute Gasteiger partial charge is 0.338 e. The Kier molecular flexibility index (Phi) is 4.92. The Morgan fingerprint density at radius 2 is 1.95 bits per heavy atom. The number of carbonyl (C=O) groups excluding carboxylic acids is 2. The summed E-state index contributed by atoms with van der Waals surface area (Å²) in [5.74, 6) is -0.684. The van der Waals surface area contributed by atoms with E-state index in [4.69, 9.17) is 17.0 Å². The third-order valence-electron chi connectivity index (χ3n) is 3.40. The van der Waals surface area contributed by atoms with Crippen LogP contribution in [0.3, 0.4) is 0 Å². The van der Waals surface area contributed by atoms with E-state index in [0.717, 1.165) is 5.56 Å². The molecule has 22 heavy (non-hydrogen) atoms. The summed E-state index contributed by atoms with van der Waals surface area (Å²) in [4.78, 5) is 25.8. The zero-order valence-electron chi connectivity index (χ0n) is 12.8. The highest BCUT2D eigenvalue weighted by molar-refractivity contribution is 7.80. The zero-order valence-corrected chi connectivity index (χ0v) is 13.6. The van der Waals surface area contributed by atoms with Crippen molar-refractivity contribution in [1.82, 2.24) is 10.2 Å². The van der Waals surface area contributed by atoms with Gasteiger partial charge < -0.3 is 10.1 Å². The molecule has 0 aliphatic carbocycles. The molecule has 1 aromatic carbocycles. The van der Waals surface area contributed by atoms with Crippen LogP contribution in [0.25, 0.3) is 0 Å². The second kappa shape index (κ2) is 6.70. The van der Waals surface area contributed by atoms with E-state index in [0.29, 0.717) is 11.3 Å². The van der Waals surface area contributed by atoms with Gasteiger partial charge in [-0.3, -0.25) is 9.69 Å². The summed E-state index contributed by atoms with van der Waals surface area (Å²) in [6, 6.07) is 8.74. The standard InChI is InChI=1S/C16H18N2O3S/c1-4-21-15(20)13-10(2)17-16(22)18(11(3)19)14(13)12-8-6-5-7-9-12/h5-9,14H,4H2,1-3H3,(H,17,22)/t14-/m0/s1. The molecule has 1 amide bonds. The van der Waals surface area contributed by atoms with Crippen LogP contribution in [0.15, 0.2) is 41.6 Å². The van der Waals surface area contributed by atoms with Gasteiger partial charge >= 0.3 is 5.97 Å². The highest BCUT2D eigenvalue weighted by Crippen LogP contribution is 2.34. The average Bonchev–Trinajstić information content (AvgIpc) is 2.47. The van der Waals surface area contributed by atoms with E-state index in [2.05, 4.69) is 5.32 Å². The van der Waals surface area contributed by atoms with Crippen LogP contribution in [0, 0.1) is 0 Å². The van der Waals surface area contributed by atoms with Crippen molar-refractivity contribution in [3.8, 4) is 0 Å². The van der Waals surface area contributed by atoms with Crippen LogP contribution in [-0.2, 0) is 14.3 Å². The molecule has 1 aliphatic heterocycles. The van der Waals surface area contributed by atoms with Gasteiger partial charge in [0.15, 0.2) is 5.11 Å². The summed E-state index contributed by atoms with van der Waals surface area (Å²) in [5.41, 5.74) is 1.82. The van der Waals surface area contributed by atoms with E-state index < -0.39 is 12.0 Å². The van der Waals surface area contributed by atoms with Crippen LogP contribution in [-0.4, -0.2) is 28.5 Å². The minimum atomic E-state index is -0.577. The van der Waals surface area contributed by atoms with Gasteiger partial charge in [-0.15, -0.1) is 0 Å². The summed E-state index contributed by atoms with van der Waals surface area (Å²) in [5, 5.41) is 3.20. The summed E-state index contributed by atoms with van der Waals surface area (Å²) in [6.07, 6.45) is 0. The molecule has 2 rings (SSSR count). The van der Waals surface area contributed by atoms with Crippen molar-refractivity contribution in [2.45, 2.75) is 26.8 Å². The summed E-state index contributed by atoms with van der Waals surface area (Å²) in [6.45, 7) is 5.19. The van der Waals surface area contributed by atoms with E-state index in [9.17, 15) is 9.59 Å². The maximum absolute atomic E-state index is 12.4. The van der Waals surface area contributed by atoms with Crippen molar-refractivity contribution in [3.05, 3.63) is 47.2 Å². The van der Waals surface area contributed by atoms with Gasteiger partial charge in [0.2, 0.25) is 5.91 Å². The van der Waals surface area contributed by atoms with E-state index in [1.54, 1.807) is 13.8 Å². The predicted molar refractivity (Wildman–Crippen MR) is 86.8 cm³/mol. The van der Waals surface area contributed by atoms with Crippen LogP contribution in [0.5, 0.6) is 0 Å². The third-order valence-corrected chi connectivity index (χ3v) is 3.70. The fourth-order valence-electron chi connectivity index (χ4n) is 2.49. The molecule has 1 atom stereocenters. The largest absolute Gasteiger partial charge is 0.463 e. The van der Waals surface area contributed by atoms with Gasteiger partial charge in [-0.25, -0.2) is 4.79 Å². The minimum absolute atomic E-state index is 0.236. The highest BCUT2D eigenvalue weighted by atomic mass is 32.1. The van der Waals surface area contributed by atoms with Crippen LogP contribution in [0.1, 0.15) is 32.4 Å². The van der Waals surface area contributed by atoms with Crippen molar-refractivity contribution >= 4 is 29.2 Å². The molecule has 0 aromatic heterocycles. The van der Waals surface area contributed by atoms with Crippen molar-refractivity contribution < 1.29 is 14.3 Å². The maximum atomic E-state index is 12.4. The molecule has 0 spiro atoms. The normalized spacial score (nSPS) is 18.0. The molecular weight excluding hydrogens is 300 g/mol. The SMILES string of the molecule is CCOC(=O)C1=C(C)NC(=S)N(C(C)=O)[C@H]1c1ccccc1. The Morgan fingerprint density at radius 1 is 1.32 bits per heavy atom. The lowest BCUT2D eigenvalue weighted by Gasteiger charge is -2.37. The number of rotatable bonds is 3. The molecule has 0 saturated heterocycles. The zero-order chi connectivity index (χ0) is 16.3. The number of esters is 1. The molecule has 1 aliphatic rings. The number of benzene rings is 1. The van der Waals surface area contributed by atoms with Gasteiger partial charge in [0.1, 0.15) is 0 Å². The van der Waals surface area contributed by atoms with Crippen molar-refractivity contribution in [1.29, 1.82) is 0 Å². The Balaban J connectivity index is 2.60. The lowest BCUT2D eigenvalue weighted by molar-refractivity contribution is -0.139. The van der Waals surface area contributed by atoms with Crippen LogP contribution in [0.2, 0.25) is 0 Å². The Labute approximate surface area is 134 Å². The van der Waals surface area contributed by atoms with Crippen molar-refractivity contribution in [2.24, 2.45) is 0 Å². The Morgan fingerprint density at radius 3 is 2.50 bits per heavy atom. The van der Waals surface area contributed by atoms with Gasteiger partial charge in [-0.2, -0.15) is 0 Å². The van der Waals surface area contributed by atoms with Gasteiger partial charge in [0.25, 0.3) is 0 Å². The van der Waals surface area contributed by atoms with E-state index in [1.165, 1.54) is 11.8 Å². The molecule has 1 heterocycles. The summed E-state index contributed by atoms with van der Waals surface area (Å²) < 4.78 is 5.15. The van der Waals surface area contributed by atoms with E-state index >= 15 is 0 Å². The summed E-state index contributed by atoms with van der Waals surface area (Å²) >= 11 is 5.27. The molecule has 5 nitrogen and oxygen atoms in total. The summed E-state index contributed by atoms with van der Waals surface area (Å²) in [7, 11) is 0. The number of nitrogens with one attached hydrogen (secondary N) is 1. The number of ether oxygens (including phenoxy) is 1. The first-order chi connectivity index (χ1) is 10.5. The highest BCUT2D eigenvalue weighted by Gasteiger charge is 2.38. The topological polar surface area (TPSA) is 58.6 Å². The van der Waals surface area contributed by atoms with Crippen molar-refractivity contribution in [3.63, 3.8) is 0 Å². The molecule has 0 radical (unpaired) electrons. The minimum Gasteiger partial charge on any atom is -0.463 e. The average molecular weight is 318 g/mol. The molecule has 0 saturated carbocycles. The predicted octanol–water partition coefficient (Wildman–Crippen LogP) is 2.30. The number of hydrogen-bond acceptors (Lipinski definition) is 4. The third kappa shape index (κ3) is 3.01. The monoisotopic (exact) mass is 318 g/mol. The van der Waals surface area contributed by atoms with Crippen LogP contribution < -0.4 is 5.32 Å². The molecule has 0 fully saturated rings. The fraction of sp³-hybridized carbons (Fsp3) is 0.312. The first kappa shape index (κ1) is 16.2. The lowest BCUT2D eigenvalue weighted by atomic mass is 9.94. The molecule has 1 N–H and O–H groups in total. The molecule has 0 bridgehead atoms. The van der Waals surface area contributed by atoms with Gasteiger partial charge in [0.05, 0.1) is 18.2 Å². The molecule has 1 aromatic rings. The molecule has 0 unspecified atom stereocenters. The lowest BCUT2D eigenvalue weighted by Crippen LogP contribution is -2.50. The van der Waals surface area contributed by atoms with E-state index in [1.807, 2.05) is 30.3 Å². The molecule has 116 valence electrons. The van der Waals surface area contributed by atoms with Gasteiger partial charge in [-0.05, 0) is 31.6 Å². The number of thiocarbonyl (C=S) groups is 1. The number of amides is 1. The number of allylic oxidation sites excluding steroid dienone is 1. The molecular formula is C16H18N2O3S. The Bertz CT molecular complexity index is 640. The second-order valence-electron chi connectivity index (χ2n) is 4.89. The first-order valence-electron chi connectivity index (χ1n) is 7.01. The second-order valence-corrected chi connectivity index (χ2v) is 5.28. The van der Waals surface area contributed by atoms with Crippen molar-refractivity contribution in [2.75, 3.05) is 6.61 Å². The van der Waals surface area contributed by atoms with Crippen LogP contribution >= 0.6 is 12.2 Å². The Hall–Kier alpha value is -2.21. The van der Waals surface area contributed by atoms with Crippen LogP contribution in [0.4, 0.5) is 0 Å². The van der Waals surface area contributed by atoms with E-state index in [-0.39, 0.29) is 17.6 Å².